The third-order valence-corrected chi connectivity index (χ3v) is 8.98. The summed E-state index contributed by atoms with van der Waals surface area (Å²) in [4.78, 5) is 13.3. The summed E-state index contributed by atoms with van der Waals surface area (Å²) in [6.45, 7) is 15.4. The van der Waals surface area contributed by atoms with Gasteiger partial charge in [-0.2, -0.15) is 0 Å². The fourth-order valence-electron chi connectivity index (χ4n) is 6.75. The number of carbonyl (C=O) groups excluding carboxylic acids is 1. The van der Waals surface area contributed by atoms with Crippen molar-refractivity contribution in [3.63, 3.8) is 0 Å². The van der Waals surface area contributed by atoms with Gasteiger partial charge in [-0.25, -0.2) is 0 Å². The monoisotopic (exact) mass is 548 g/mol. The lowest BCUT2D eigenvalue weighted by Gasteiger charge is -2.33. The topological polar surface area (TPSA) is 40.9 Å². The number of hydrogen-bond acceptors (Lipinski definition) is 2. The Morgan fingerprint density at radius 3 is 2.49 bits per heavy atom. The molecule has 0 spiro atoms. The number of ketones is 1. The minimum absolute atomic E-state index is 0.160. The third kappa shape index (κ3) is 8.28. The molecule has 2 nitrogen and oxygen atoms in total. The molecule has 0 amide bonds. The molecule has 2 aliphatic rings. The molecule has 1 saturated carbocycles. The standard InChI is InChI=1S/C39H50NO/c1-27(2)33-20-13-21-34(33)31-17-12-14-29(24-31)25-32(41)23-22-28(3)37(26-39(4,5)6)35-18-10-11-19-36(35)38(40)30-15-8-7-9-16-30/h10-14,17-21,24,28,30,37,40H,1,7-9,15-16,22-23,25-26H2,2-6H3. The number of benzene rings is 2. The highest BCUT2D eigenvalue weighted by Gasteiger charge is 2.30. The van der Waals surface area contributed by atoms with Crippen molar-refractivity contribution in [1.29, 1.82) is 5.41 Å². The second-order valence-electron chi connectivity index (χ2n) is 13.8. The first-order valence-corrected chi connectivity index (χ1v) is 15.7. The minimum Gasteiger partial charge on any atom is -0.304 e. The lowest BCUT2D eigenvalue weighted by molar-refractivity contribution is -0.118. The quantitative estimate of drug-likeness (QED) is 0.263. The maximum absolute atomic E-state index is 13.3. The summed E-state index contributed by atoms with van der Waals surface area (Å²) in [5, 5.41) is 9.17. The van der Waals surface area contributed by atoms with Crippen molar-refractivity contribution < 1.29 is 4.79 Å². The molecule has 2 aromatic rings. The highest BCUT2D eigenvalue weighted by molar-refractivity contribution is 6.01. The zero-order chi connectivity index (χ0) is 29.6. The van der Waals surface area contributed by atoms with Crippen LogP contribution in [0.4, 0.5) is 0 Å². The average Bonchev–Trinajstić information content (AvgIpc) is 3.45. The first kappa shape index (κ1) is 30.9. The van der Waals surface area contributed by atoms with Crippen molar-refractivity contribution in [3.05, 3.63) is 107 Å². The Morgan fingerprint density at radius 2 is 1.78 bits per heavy atom. The summed E-state index contributed by atoms with van der Waals surface area (Å²) in [7, 11) is 0. The summed E-state index contributed by atoms with van der Waals surface area (Å²) >= 11 is 0. The molecule has 4 rings (SSSR count). The van der Waals surface area contributed by atoms with E-state index in [-0.39, 0.29) is 5.41 Å². The second kappa shape index (κ2) is 13.8. The maximum Gasteiger partial charge on any atom is 0.137 e. The molecule has 2 atom stereocenters. The predicted octanol–water partition coefficient (Wildman–Crippen LogP) is 10.5. The van der Waals surface area contributed by atoms with Gasteiger partial charge in [0, 0.05) is 30.9 Å². The molecule has 0 heterocycles. The van der Waals surface area contributed by atoms with E-state index in [0.717, 1.165) is 53.7 Å². The van der Waals surface area contributed by atoms with Gasteiger partial charge in [0.05, 0.1) is 0 Å². The fraction of sp³-hybridized carbons (Fsp3) is 0.462. The molecule has 217 valence electrons. The first-order chi connectivity index (χ1) is 19.5. The zero-order valence-electron chi connectivity index (χ0n) is 26.1. The molecule has 2 unspecified atom stereocenters. The van der Waals surface area contributed by atoms with E-state index >= 15 is 0 Å². The van der Waals surface area contributed by atoms with Crippen molar-refractivity contribution in [1.82, 2.24) is 0 Å². The molecule has 0 bridgehead atoms. The van der Waals surface area contributed by atoms with E-state index in [4.69, 9.17) is 0 Å². The molecule has 2 aromatic carbocycles. The summed E-state index contributed by atoms with van der Waals surface area (Å²) in [6.07, 6.45) is 15.3. The van der Waals surface area contributed by atoms with Gasteiger partial charge in [-0.15, -0.1) is 0 Å². The molecular formula is C39H50NO. The molecule has 2 aliphatic carbocycles. The molecule has 0 aromatic heterocycles. The van der Waals surface area contributed by atoms with E-state index in [2.05, 4.69) is 101 Å². The van der Waals surface area contributed by atoms with Crippen LogP contribution in [0, 0.1) is 29.1 Å². The highest BCUT2D eigenvalue weighted by atomic mass is 16.1. The van der Waals surface area contributed by atoms with E-state index in [9.17, 15) is 10.2 Å². The molecule has 2 heteroatoms. The number of carbonyl (C=O) groups is 1. The molecule has 1 fully saturated rings. The van der Waals surface area contributed by atoms with E-state index in [1.807, 2.05) is 6.92 Å². The van der Waals surface area contributed by atoms with Gasteiger partial charge in [0.2, 0.25) is 0 Å². The average molecular weight is 549 g/mol. The maximum atomic E-state index is 13.3. The largest absolute Gasteiger partial charge is 0.304 e. The first-order valence-electron chi connectivity index (χ1n) is 15.7. The van der Waals surface area contributed by atoms with Gasteiger partial charge < -0.3 is 5.41 Å². The van der Waals surface area contributed by atoms with Crippen LogP contribution in [0.2, 0.25) is 0 Å². The van der Waals surface area contributed by atoms with Crippen molar-refractivity contribution >= 4 is 17.1 Å². The molecule has 41 heavy (non-hydrogen) atoms. The summed E-state index contributed by atoms with van der Waals surface area (Å²) in [6, 6.07) is 17.1. The van der Waals surface area contributed by atoms with Crippen LogP contribution in [0.25, 0.3) is 5.57 Å². The highest BCUT2D eigenvalue weighted by Crippen LogP contribution is 2.41. The Kier molecular flexibility index (Phi) is 10.4. The number of Topliss-reactive ketones (excluding diaryl/α,β-unsaturated/α-hetero) is 1. The Bertz CT molecular complexity index is 1310. The van der Waals surface area contributed by atoms with E-state index in [1.54, 1.807) is 0 Å². The second-order valence-corrected chi connectivity index (χ2v) is 13.8. The Labute approximate surface area is 249 Å². The molecule has 1 radical (unpaired) electrons. The normalized spacial score (nSPS) is 17.5. The van der Waals surface area contributed by atoms with Gasteiger partial charge in [0.25, 0.3) is 0 Å². The number of nitrogens with one attached hydrogen (secondary N) is 1. The lowest BCUT2D eigenvalue weighted by atomic mass is 9.71. The SMILES string of the molecule is C=C(C)C1=C(c2cccc(CC(=O)CCC(C)C(CC(C)(C)C)c3ccccc3C(=N)C3CCCCC3)c2)[CH]C=C1. The van der Waals surface area contributed by atoms with Crippen molar-refractivity contribution in [2.75, 3.05) is 0 Å². The van der Waals surface area contributed by atoms with Crippen LogP contribution in [0.1, 0.15) is 114 Å². The number of allylic oxidation sites excluding steroid dienone is 5. The van der Waals surface area contributed by atoms with Gasteiger partial charge in [-0.1, -0.05) is 120 Å². The van der Waals surface area contributed by atoms with Gasteiger partial charge in [0.15, 0.2) is 0 Å². The lowest BCUT2D eigenvalue weighted by Crippen LogP contribution is -2.24. The molecule has 0 saturated heterocycles. The van der Waals surface area contributed by atoms with Gasteiger partial charge >= 0.3 is 0 Å². The van der Waals surface area contributed by atoms with Crippen LogP contribution in [-0.4, -0.2) is 11.5 Å². The van der Waals surface area contributed by atoms with Crippen LogP contribution >= 0.6 is 0 Å². The molecule has 1 N–H and O–H groups in total. The Hall–Kier alpha value is -3.00. The third-order valence-electron chi connectivity index (χ3n) is 8.98. The molecule has 0 aliphatic heterocycles. The Balaban J connectivity index is 1.46. The predicted molar refractivity (Wildman–Crippen MR) is 175 cm³/mol. The van der Waals surface area contributed by atoms with Crippen LogP contribution in [0.5, 0.6) is 0 Å². The van der Waals surface area contributed by atoms with Crippen molar-refractivity contribution in [2.24, 2.45) is 17.3 Å². The van der Waals surface area contributed by atoms with E-state index in [1.165, 1.54) is 36.0 Å². The van der Waals surface area contributed by atoms with Gasteiger partial charge in [0.1, 0.15) is 5.78 Å². The van der Waals surface area contributed by atoms with Crippen LogP contribution in [0.15, 0.2) is 78.4 Å². The van der Waals surface area contributed by atoms with Crippen LogP contribution in [-0.2, 0) is 11.2 Å². The fourth-order valence-corrected chi connectivity index (χ4v) is 6.75. The van der Waals surface area contributed by atoms with Crippen molar-refractivity contribution in [2.45, 2.75) is 98.3 Å². The van der Waals surface area contributed by atoms with E-state index in [0.29, 0.717) is 36.4 Å². The summed E-state index contributed by atoms with van der Waals surface area (Å²) in [5.74, 6) is 1.36. The van der Waals surface area contributed by atoms with Gasteiger partial charge in [-0.3, -0.25) is 4.79 Å². The molecular weight excluding hydrogens is 498 g/mol. The summed E-state index contributed by atoms with van der Waals surface area (Å²) in [5.41, 5.74) is 9.08. The van der Waals surface area contributed by atoms with Gasteiger partial charge in [-0.05, 0) is 83.3 Å². The van der Waals surface area contributed by atoms with Crippen molar-refractivity contribution in [3.8, 4) is 0 Å². The minimum atomic E-state index is 0.160. The smallest absolute Gasteiger partial charge is 0.137 e. The number of hydrogen-bond donors (Lipinski definition) is 1. The van der Waals surface area contributed by atoms with Crippen LogP contribution in [0.3, 0.4) is 0 Å². The zero-order valence-corrected chi connectivity index (χ0v) is 26.1. The number of rotatable bonds is 12. The van der Waals surface area contributed by atoms with Crippen LogP contribution < -0.4 is 0 Å². The Morgan fingerprint density at radius 1 is 1.05 bits per heavy atom. The van der Waals surface area contributed by atoms with E-state index < -0.39 is 0 Å². The summed E-state index contributed by atoms with van der Waals surface area (Å²) < 4.78 is 0.